The summed E-state index contributed by atoms with van der Waals surface area (Å²) < 4.78 is 0. The summed E-state index contributed by atoms with van der Waals surface area (Å²) in [5.41, 5.74) is 8.27. The van der Waals surface area contributed by atoms with E-state index in [1.807, 2.05) is 13.0 Å². The van der Waals surface area contributed by atoms with Crippen molar-refractivity contribution in [3.8, 4) is 0 Å². The molecule has 1 aromatic rings. The number of nitrogens with two attached hydrogens (primary N) is 1. The average molecular weight is 263 g/mol. The predicted molar refractivity (Wildman–Crippen MR) is 81.4 cm³/mol. The summed E-state index contributed by atoms with van der Waals surface area (Å²) in [6.45, 7) is 9.91. The van der Waals surface area contributed by atoms with Crippen molar-refractivity contribution < 1.29 is 4.79 Å². The lowest BCUT2D eigenvalue weighted by Crippen LogP contribution is -2.24. The summed E-state index contributed by atoms with van der Waals surface area (Å²) in [7, 11) is 0. The number of rotatable bonds is 6. The van der Waals surface area contributed by atoms with Crippen molar-refractivity contribution in [2.45, 2.75) is 34.1 Å². The van der Waals surface area contributed by atoms with Crippen LogP contribution in [0.2, 0.25) is 0 Å². The van der Waals surface area contributed by atoms with Crippen molar-refractivity contribution in [2.24, 2.45) is 5.41 Å². The van der Waals surface area contributed by atoms with Crippen LogP contribution in [0.25, 0.3) is 0 Å². The highest BCUT2D eigenvalue weighted by atomic mass is 16.1. The third kappa shape index (κ3) is 4.47. The van der Waals surface area contributed by atoms with Crippen LogP contribution in [0.15, 0.2) is 18.2 Å². The Morgan fingerprint density at radius 2 is 2.00 bits per heavy atom. The van der Waals surface area contributed by atoms with Crippen molar-refractivity contribution in [1.29, 1.82) is 0 Å². The van der Waals surface area contributed by atoms with Crippen LogP contribution in [0.5, 0.6) is 0 Å². The summed E-state index contributed by atoms with van der Waals surface area (Å²) in [5.74, 6) is -0.0692. The van der Waals surface area contributed by atoms with Crippen LogP contribution >= 0.6 is 0 Å². The first-order chi connectivity index (χ1) is 8.89. The van der Waals surface area contributed by atoms with Crippen LogP contribution in [-0.2, 0) is 0 Å². The van der Waals surface area contributed by atoms with Crippen LogP contribution in [-0.4, -0.2) is 19.0 Å². The smallest absolute Gasteiger partial charge is 0.251 e. The van der Waals surface area contributed by atoms with Crippen LogP contribution in [0.4, 0.5) is 11.4 Å². The molecule has 0 aliphatic carbocycles. The van der Waals surface area contributed by atoms with E-state index in [2.05, 4.69) is 31.4 Å². The van der Waals surface area contributed by atoms with Gasteiger partial charge in [-0.2, -0.15) is 0 Å². The van der Waals surface area contributed by atoms with Crippen molar-refractivity contribution in [2.75, 3.05) is 24.1 Å². The quantitative estimate of drug-likeness (QED) is 0.691. The van der Waals surface area contributed by atoms with Crippen LogP contribution in [0.3, 0.4) is 0 Å². The number of nitrogen functional groups attached to an aromatic ring is 1. The Balaban J connectivity index is 2.83. The molecule has 0 unspecified atom stereocenters. The first kappa shape index (κ1) is 15.3. The Morgan fingerprint density at radius 1 is 1.32 bits per heavy atom. The number of carbonyl (C=O) groups excluding carboxylic acids is 1. The minimum atomic E-state index is -0.0692. The van der Waals surface area contributed by atoms with Gasteiger partial charge in [-0.25, -0.2) is 0 Å². The number of anilines is 2. The molecule has 0 aliphatic rings. The maximum atomic E-state index is 11.8. The summed E-state index contributed by atoms with van der Waals surface area (Å²) in [6.07, 6.45) is 1.08. The maximum absolute atomic E-state index is 11.8. The van der Waals surface area contributed by atoms with Gasteiger partial charge in [-0.05, 0) is 37.0 Å². The molecular formula is C15H25N3O. The summed E-state index contributed by atoms with van der Waals surface area (Å²) in [5, 5.41) is 6.12. The molecule has 0 saturated carbocycles. The number of hydrogen-bond donors (Lipinski definition) is 3. The van der Waals surface area contributed by atoms with Gasteiger partial charge < -0.3 is 16.4 Å². The molecule has 19 heavy (non-hydrogen) atoms. The topological polar surface area (TPSA) is 67.2 Å². The summed E-state index contributed by atoms with van der Waals surface area (Å²) in [6, 6.07) is 5.33. The minimum Gasteiger partial charge on any atom is -0.397 e. The van der Waals surface area contributed by atoms with E-state index in [1.165, 1.54) is 0 Å². The molecule has 1 amide bonds. The zero-order valence-corrected chi connectivity index (χ0v) is 12.3. The lowest BCUT2D eigenvalue weighted by atomic mass is 9.90. The van der Waals surface area contributed by atoms with E-state index in [1.54, 1.807) is 12.1 Å². The first-order valence-electron chi connectivity index (χ1n) is 6.81. The lowest BCUT2D eigenvalue weighted by molar-refractivity contribution is 0.0956. The van der Waals surface area contributed by atoms with E-state index in [-0.39, 0.29) is 11.3 Å². The average Bonchev–Trinajstić information content (AvgIpc) is 2.38. The molecule has 106 valence electrons. The molecule has 0 spiro atoms. The van der Waals surface area contributed by atoms with Gasteiger partial charge >= 0.3 is 0 Å². The van der Waals surface area contributed by atoms with E-state index in [0.29, 0.717) is 17.8 Å². The van der Waals surface area contributed by atoms with Gasteiger partial charge in [-0.15, -0.1) is 0 Å². The number of nitrogens with one attached hydrogen (secondary N) is 2. The van der Waals surface area contributed by atoms with Gasteiger partial charge in [0.2, 0.25) is 0 Å². The highest BCUT2D eigenvalue weighted by Gasteiger charge is 2.15. The number of benzene rings is 1. The number of carbonyl (C=O) groups is 1. The second kappa shape index (κ2) is 6.45. The Hall–Kier alpha value is -1.71. The molecule has 0 radical (unpaired) electrons. The van der Waals surface area contributed by atoms with E-state index < -0.39 is 0 Å². The maximum Gasteiger partial charge on any atom is 0.251 e. The minimum absolute atomic E-state index is 0.0692. The molecule has 4 N–H and O–H groups in total. The fraction of sp³-hybridized carbons (Fsp3) is 0.533. The molecule has 4 heteroatoms. The van der Waals surface area contributed by atoms with Gasteiger partial charge in [-0.3, -0.25) is 4.79 Å². The first-order valence-corrected chi connectivity index (χ1v) is 6.81. The summed E-state index contributed by atoms with van der Waals surface area (Å²) in [4.78, 5) is 11.8. The molecule has 1 aromatic carbocycles. The molecule has 0 bridgehead atoms. The van der Waals surface area contributed by atoms with Gasteiger partial charge in [0.05, 0.1) is 11.4 Å². The van der Waals surface area contributed by atoms with E-state index in [9.17, 15) is 4.79 Å². The van der Waals surface area contributed by atoms with Crippen molar-refractivity contribution in [1.82, 2.24) is 5.32 Å². The highest BCUT2D eigenvalue weighted by Crippen LogP contribution is 2.24. The fourth-order valence-electron chi connectivity index (χ4n) is 1.57. The SMILES string of the molecule is CCNC(=O)c1ccc(N)c(NCC(C)(C)CC)c1. The molecule has 0 heterocycles. The molecule has 1 rings (SSSR count). The van der Waals surface area contributed by atoms with Crippen molar-refractivity contribution >= 4 is 17.3 Å². The van der Waals surface area contributed by atoms with Gasteiger partial charge in [-0.1, -0.05) is 20.8 Å². The zero-order valence-electron chi connectivity index (χ0n) is 12.3. The fourth-order valence-corrected chi connectivity index (χ4v) is 1.57. The van der Waals surface area contributed by atoms with Crippen molar-refractivity contribution in [3.05, 3.63) is 23.8 Å². The van der Waals surface area contributed by atoms with E-state index in [0.717, 1.165) is 18.7 Å². The molecule has 0 aromatic heterocycles. The van der Waals surface area contributed by atoms with Gasteiger partial charge in [0, 0.05) is 18.7 Å². The predicted octanol–water partition coefficient (Wildman–Crippen LogP) is 2.87. The Bertz CT molecular complexity index is 441. The molecule has 0 aliphatic heterocycles. The largest absolute Gasteiger partial charge is 0.397 e. The van der Waals surface area contributed by atoms with Gasteiger partial charge in [0.1, 0.15) is 0 Å². The van der Waals surface area contributed by atoms with Gasteiger partial charge in [0.15, 0.2) is 0 Å². The second-order valence-corrected chi connectivity index (χ2v) is 5.53. The normalized spacial score (nSPS) is 11.2. The van der Waals surface area contributed by atoms with Crippen LogP contribution < -0.4 is 16.4 Å². The molecule has 0 saturated heterocycles. The van der Waals surface area contributed by atoms with Crippen LogP contribution in [0.1, 0.15) is 44.5 Å². The third-order valence-corrected chi connectivity index (χ3v) is 3.37. The number of amides is 1. The molecule has 0 atom stereocenters. The second-order valence-electron chi connectivity index (χ2n) is 5.53. The van der Waals surface area contributed by atoms with E-state index >= 15 is 0 Å². The third-order valence-electron chi connectivity index (χ3n) is 3.37. The molecule has 0 fully saturated rings. The lowest BCUT2D eigenvalue weighted by Gasteiger charge is -2.24. The van der Waals surface area contributed by atoms with Crippen LogP contribution in [0, 0.1) is 5.41 Å². The monoisotopic (exact) mass is 263 g/mol. The molecular weight excluding hydrogens is 238 g/mol. The molecule has 4 nitrogen and oxygen atoms in total. The van der Waals surface area contributed by atoms with Gasteiger partial charge in [0.25, 0.3) is 5.91 Å². The van der Waals surface area contributed by atoms with Crippen molar-refractivity contribution in [3.63, 3.8) is 0 Å². The Morgan fingerprint density at radius 3 is 2.58 bits per heavy atom. The zero-order chi connectivity index (χ0) is 14.5. The summed E-state index contributed by atoms with van der Waals surface area (Å²) >= 11 is 0. The highest BCUT2D eigenvalue weighted by molar-refractivity contribution is 5.96. The standard InChI is InChI=1S/C15H25N3O/c1-5-15(3,4)10-18-13-9-11(7-8-12(13)16)14(19)17-6-2/h7-9,18H,5-6,10,16H2,1-4H3,(H,17,19). The Kier molecular flexibility index (Phi) is 5.21. The van der Waals surface area contributed by atoms with E-state index in [4.69, 9.17) is 5.73 Å². The Labute approximate surface area is 115 Å². The number of hydrogen-bond acceptors (Lipinski definition) is 3.